The molecule has 16 heavy (non-hydrogen) atoms. The molecule has 1 unspecified atom stereocenters. The number of carbonyl (C=O) groups is 1. The van der Waals surface area contributed by atoms with Gasteiger partial charge >= 0.3 is 0 Å². The van der Waals surface area contributed by atoms with E-state index in [0.29, 0.717) is 0 Å². The van der Waals surface area contributed by atoms with Gasteiger partial charge in [0.05, 0.1) is 5.69 Å². The van der Waals surface area contributed by atoms with E-state index in [1.165, 1.54) is 11.3 Å². The molecule has 0 bridgehead atoms. The van der Waals surface area contributed by atoms with E-state index in [2.05, 4.69) is 5.10 Å². The van der Waals surface area contributed by atoms with Crippen LogP contribution in [0.5, 0.6) is 0 Å². The van der Waals surface area contributed by atoms with Crippen molar-refractivity contribution in [1.29, 1.82) is 0 Å². The smallest absolute Gasteiger partial charge is 0.230 e. The lowest BCUT2D eigenvalue weighted by atomic mass is 10.1. The van der Waals surface area contributed by atoms with Crippen molar-refractivity contribution in [3.63, 3.8) is 0 Å². The number of hydrogen-bond donors (Lipinski definition) is 0. The molecule has 0 radical (unpaired) electrons. The highest BCUT2D eigenvalue weighted by atomic mass is 32.2. The molecule has 0 N–H and O–H groups in total. The number of hydrogen-bond acceptors (Lipinski definition) is 3. The summed E-state index contributed by atoms with van der Waals surface area (Å²) in [7, 11) is 1.88. The Hall–Kier alpha value is -0.970. The summed E-state index contributed by atoms with van der Waals surface area (Å²) in [5.74, 6) is 3.35. The minimum Gasteiger partial charge on any atom is -0.300 e. The summed E-state index contributed by atoms with van der Waals surface area (Å²) >= 11 is 1.88. The summed E-state index contributed by atoms with van der Waals surface area (Å²) in [6.07, 6.45) is 0.893. The minimum atomic E-state index is 0.108. The van der Waals surface area contributed by atoms with Gasteiger partial charge in [0, 0.05) is 36.6 Å². The van der Waals surface area contributed by atoms with Crippen molar-refractivity contribution in [2.24, 2.45) is 5.92 Å². The second kappa shape index (κ2) is 3.52. The van der Waals surface area contributed by atoms with E-state index in [-0.39, 0.29) is 11.8 Å². The van der Waals surface area contributed by atoms with Crippen molar-refractivity contribution < 1.29 is 4.79 Å². The number of aryl methyl sites for hydroxylation is 1. The zero-order valence-corrected chi connectivity index (χ0v) is 10.4. The third-order valence-corrected chi connectivity index (χ3v) is 4.40. The molecule has 5 heteroatoms. The maximum Gasteiger partial charge on any atom is 0.230 e. The Morgan fingerprint density at radius 1 is 1.44 bits per heavy atom. The van der Waals surface area contributed by atoms with E-state index >= 15 is 0 Å². The molecule has 1 amide bonds. The molecule has 2 aliphatic rings. The molecule has 0 aromatic carbocycles. The van der Waals surface area contributed by atoms with Crippen LogP contribution in [0.2, 0.25) is 0 Å². The largest absolute Gasteiger partial charge is 0.300 e. The van der Waals surface area contributed by atoms with Crippen molar-refractivity contribution in [1.82, 2.24) is 9.78 Å². The van der Waals surface area contributed by atoms with Gasteiger partial charge in [-0.05, 0) is 6.42 Å². The molecule has 86 valence electrons. The summed E-state index contributed by atoms with van der Waals surface area (Å²) in [6, 6.07) is 0. The van der Waals surface area contributed by atoms with Gasteiger partial charge in [0.15, 0.2) is 0 Å². The molecule has 0 aliphatic carbocycles. The molecule has 4 nitrogen and oxygen atoms in total. The van der Waals surface area contributed by atoms with E-state index in [4.69, 9.17) is 0 Å². The van der Waals surface area contributed by atoms with Crippen LogP contribution in [0.25, 0.3) is 0 Å². The lowest BCUT2D eigenvalue weighted by Gasteiger charge is -2.18. The van der Waals surface area contributed by atoms with Crippen molar-refractivity contribution in [3.05, 3.63) is 11.3 Å². The zero-order valence-electron chi connectivity index (χ0n) is 9.56. The van der Waals surface area contributed by atoms with Crippen molar-refractivity contribution in [2.45, 2.75) is 31.4 Å². The van der Waals surface area contributed by atoms with Gasteiger partial charge in [-0.25, -0.2) is 4.68 Å². The van der Waals surface area contributed by atoms with Crippen molar-refractivity contribution >= 4 is 23.5 Å². The highest BCUT2D eigenvalue weighted by Crippen LogP contribution is 2.37. The molecule has 1 atom stereocenters. The van der Waals surface area contributed by atoms with Gasteiger partial charge in [0.1, 0.15) is 5.82 Å². The number of amides is 1. The first-order valence-corrected chi connectivity index (χ1v) is 6.78. The third-order valence-electron chi connectivity index (χ3n) is 3.43. The summed E-state index contributed by atoms with van der Waals surface area (Å²) in [5.41, 5.74) is 2.45. The van der Waals surface area contributed by atoms with Crippen LogP contribution in [0.3, 0.4) is 0 Å². The van der Waals surface area contributed by atoms with Gasteiger partial charge < -0.3 is 0 Å². The lowest BCUT2D eigenvalue weighted by Crippen LogP contribution is -2.31. The van der Waals surface area contributed by atoms with Crippen molar-refractivity contribution in [2.75, 3.05) is 11.9 Å². The molecule has 2 aliphatic heterocycles. The molecule has 0 saturated heterocycles. The van der Waals surface area contributed by atoms with Crippen LogP contribution in [-0.2, 0) is 22.8 Å². The summed E-state index contributed by atoms with van der Waals surface area (Å²) in [5, 5.41) is 4.61. The summed E-state index contributed by atoms with van der Waals surface area (Å²) < 4.78 is 2.02. The predicted octanol–water partition coefficient (Wildman–Crippen LogP) is 1.63. The number of carbonyl (C=O) groups excluding carboxylic acids is 1. The number of aromatic nitrogens is 2. The Balaban J connectivity index is 2.11. The molecule has 0 saturated carbocycles. The van der Waals surface area contributed by atoms with Gasteiger partial charge in [0.25, 0.3) is 0 Å². The molecule has 1 aromatic heterocycles. The van der Waals surface area contributed by atoms with E-state index in [0.717, 1.165) is 30.3 Å². The molecule has 1 aromatic rings. The molecule has 0 spiro atoms. The lowest BCUT2D eigenvalue weighted by molar-refractivity contribution is -0.121. The van der Waals surface area contributed by atoms with Crippen LogP contribution in [-0.4, -0.2) is 22.7 Å². The molecular weight excluding hydrogens is 222 g/mol. The quantitative estimate of drug-likeness (QED) is 0.688. The third kappa shape index (κ3) is 1.30. The van der Waals surface area contributed by atoms with Crippen LogP contribution in [0.4, 0.5) is 5.82 Å². The van der Waals surface area contributed by atoms with E-state index in [1.807, 2.05) is 30.4 Å². The first kappa shape index (κ1) is 10.2. The van der Waals surface area contributed by atoms with Gasteiger partial charge in [-0.15, -0.1) is 0 Å². The SMILES string of the molecule is CC1CCn2nc3c(c2N(C)C1=O)CSC3. The maximum atomic E-state index is 12.1. The Kier molecular flexibility index (Phi) is 2.24. The Morgan fingerprint density at radius 3 is 3.06 bits per heavy atom. The first-order valence-electron chi connectivity index (χ1n) is 5.62. The van der Waals surface area contributed by atoms with Crippen LogP contribution in [0.15, 0.2) is 0 Å². The van der Waals surface area contributed by atoms with E-state index in [9.17, 15) is 4.79 Å². The maximum absolute atomic E-state index is 12.1. The minimum absolute atomic E-state index is 0.108. The van der Waals surface area contributed by atoms with Gasteiger partial charge in [-0.1, -0.05) is 6.92 Å². The number of rotatable bonds is 0. The second-order valence-corrected chi connectivity index (χ2v) is 5.54. The van der Waals surface area contributed by atoms with Crippen LogP contribution >= 0.6 is 11.8 Å². The highest BCUT2D eigenvalue weighted by Gasteiger charge is 2.31. The monoisotopic (exact) mass is 237 g/mol. The van der Waals surface area contributed by atoms with Crippen LogP contribution in [0, 0.1) is 5.92 Å². The second-order valence-electron chi connectivity index (χ2n) is 4.55. The standard InChI is InChI=1S/C11H15N3OS/c1-7-3-4-14-10(13(2)11(7)15)8-5-16-6-9(8)12-14/h7H,3-6H2,1-2H3. The molecular formula is C11H15N3OS. The van der Waals surface area contributed by atoms with Gasteiger partial charge in [-0.2, -0.15) is 16.9 Å². The molecule has 3 rings (SSSR count). The van der Waals surface area contributed by atoms with Crippen LogP contribution in [0.1, 0.15) is 24.6 Å². The van der Waals surface area contributed by atoms with Gasteiger partial charge in [0.2, 0.25) is 5.91 Å². The Morgan fingerprint density at radius 2 is 2.25 bits per heavy atom. The Bertz CT molecular complexity index is 454. The predicted molar refractivity (Wildman–Crippen MR) is 64.4 cm³/mol. The average molecular weight is 237 g/mol. The fourth-order valence-electron chi connectivity index (χ4n) is 2.46. The summed E-state index contributed by atoms with van der Waals surface area (Å²) in [4.78, 5) is 13.9. The number of anilines is 1. The van der Waals surface area contributed by atoms with Crippen LogP contribution < -0.4 is 4.90 Å². The fourth-order valence-corrected chi connectivity index (χ4v) is 3.48. The fraction of sp³-hybridized carbons (Fsp3) is 0.636. The van der Waals surface area contributed by atoms with E-state index in [1.54, 1.807) is 4.90 Å². The number of nitrogens with zero attached hydrogens (tertiary/aromatic N) is 3. The normalized spacial score (nSPS) is 24.2. The van der Waals surface area contributed by atoms with Crippen molar-refractivity contribution in [3.8, 4) is 0 Å². The number of fused-ring (bicyclic) bond motifs is 3. The average Bonchev–Trinajstić information content (AvgIpc) is 2.80. The topological polar surface area (TPSA) is 38.1 Å². The first-order chi connectivity index (χ1) is 7.68. The summed E-state index contributed by atoms with van der Waals surface area (Å²) in [6.45, 7) is 2.87. The van der Waals surface area contributed by atoms with Gasteiger partial charge in [-0.3, -0.25) is 9.69 Å². The number of thioether (sulfide) groups is 1. The molecule has 3 heterocycles. The Labute approximate surface area is 99.0 Å². The highest BCUT2D eigenvalue weighted by molar-refractivity contribution is 7.98. The van der Waals surface area contributed by atoms with E-state index < -0.39 is 0 Å². The molecule has 0 fully saturated rings. The zero-order chi connectivity index (χ0) is 11.3.